The second-order valence-electron chi connectivity index (χ2n) is 4.48. The number of thioether (sulfide) groups is 1. The summed E-state index contributed by atoms with van der Waals surface area (Å²) in [5.41, 5.74) is 3.74. The second-order valence-corrected chi connectivity index (χ2v) is 5.65. The third kappa shape index (κ3) is 5.11. The zero-order valence-electron chi connectivity index (χ0n) is 11.8. The number of nitrogens with zero attached hydrogens (tertiary/aromatic N) is 1. The molecule has 2 aromatic rings. The Balaban J connectivity index is 1.73. The highest BCUT2D eigenvalue weighted by Crippen LogP contribution is 2.18. The van der Waals surface area contributed by atoms with Crippen molar-refractivity contribution in [2.45, 2.75) is 11.3 Å². The van der Waals surface area contributed by atoms with E-state index in [1.54, 1.807) is 24.2 Å². The minimum absolute atomic E-state index is 0.0454. The molecule has 0 saturated heterocycles. The summed E-state index contributed by atoms with van der Waals surface area (Å²) in [6, 6.07) is 15.9. The molecule has 0 saturated carbocycles. The van der Waals surface area contributed by atoms with Gasteiger partial charge in [-0.05, 0) is 36.4 Å². The Morgan fingerprint density at radius 3 is 2.48 bits per heavy atom. The lowest BCUT2D eigenvalue weighted by Gasteiger charge is -2.20. The van der Waals surface area contributed by atoms with Crippen LogP contribution < -0.4 is 10.4 Å². The molecule has 0 aliphatic heterocycles. The van der Waals surface area contributed by atoms with Gasteiger partial charge in [0.2, 0.25) is 5.91 Å². The molecule has 2 rings (SSSR count). The van der Waals surface area contributed by atoms with Gasteiger partial charge in [-0.2, -0.15) is 0 Å². The number of carbonyl (C=O) groups excluding carboxylic acids is 1. The number of anilines is 1. The highest BCUT2D eigenvalue weighted by Gasteiger charge is 2.06. The van der Waals surface area contributed by atoms with E-state index in [1.807, 2.05) is 30.3 Å². The van der Waals surface area contributed by atoms with Crippen molar-refractivity contribution in [3.63, 3.8) is 0 Å². The van der Waals surface area contributed by atoms with Crippen LogP contribution in [0, 0.1) is 5.82 Å². The summed E-state index contributed by atoms with van der Waals surface area (Å²) >= 11 is 1.53. The fraction of sp³-hybridized carbons (Fsp3) is 0.188. The molecular weight excluding hydrogens is 287 g/mol. The number of rotatable bonds is 6. The van der Waals surface area contributed by atoms with Crippen molar-refractivity contribution in [3.05, 3.63) is 60.4 Å². The first kappa shape index (κ1) is 15.4. The van der Waals surface area contributed by atoms with Gasteiger partial charge < -0.3 is 0 Å². The number of nitrogens with one attached hydrogen (secondary N) is 1. The van der Waals surface area contributed by atoms with E-state index in [-0.39, 0.29) is 11.7 Å². The van der Waals surface area contributed by atoms with Gasteiger partial charge in [-0.1, -0.05) is 18.2 Å². The maximum Gasteiger partial charge on any atom is 0.239 e. The Bertz CT molecular complexity index is 575. The molecular formula is C16H17FN2OS. The molecule has 110 valence electrons. The molecule has 0 fully saturated rings. The maximum atomic E-state index is 12.8. The van der Waals surface area contributed by atoms with Crippen molar-refractivity contribution in [1.82, 2.24) is 5.43 Å². The molecule has 0 bridgehead atoms. The number of halogens is 1. The van der Waals surface area contributed by atoms with Crippen molar-refractivity contribution in [1.29, 1.82) is 0 Å². The van der Waals surface area contributed by atoms with Gasteiger partial charge in [0.1, 0.15) is 5.82 Å². The summed E-state index contributed by atoms with van der Waals surface area (Å²) < 4.78 is 12.8. The number of carbonyl (C=O) groups is 1. The molecule has 3 nitrogen and oxygen atoms in total. The van der Waals surface area contributed by atoms with E-state index in [0.717, 1.165) is 10.6 Å². The number of hydrazine groups is 1. The molecule has 2 aromatic carbocycles. The molecule has 0 aliphatic rings. The highest BCUT2D eigenvalue weighted by molar-refractivity contribution is 7.99. The van der Waals surface area contributed by atoms with Gasteiger partial charge in [-0.25, -0.2) is 4.39 Å². The predicted octanol–water partition coefficient (Wildman–Crippen LogP) is 3.48. The summed E-state index contributed by atoms with van der Waals surface area (Å²) in [6.45, 7) is 0. The molecule has 0 aromatic heterocycles. The molecule has 0 aliphatic carbocycles. The lowest BCUT2D eigenvalue weighted by Crippen LogP contribution is -2.39. The Labute approximate surface area is 128 Å². The molecule has 5 heteroatoms. The summed E-state index contributed by atoms with van der Waals surface area (Å²) in [5.74, 6) is 0.359. The monoisotopic (exact) mass is 304 g/mol. The van der Waals surface area contributed by atoms with E-state index < -0.39 is 0 Å². The van der Waals surface area contributed by atoms with E-state index >= 15 is 0 Å². The van der Waals surface area contributed by atoms with Crippen molar-refractivity contribution in [3.8, 4) is 0 Å². The Morgan fingerprint density at radius 2 is 1.81 bits per heavy atom. The first-order valence-electron chi connectivity index (χ1n) is 6.62. The van der Waals surface area contributed by atoms with E-state index in [0.29, 0.717) is 12.2 Å². The normalized spacial score (nSPS) is 10.2. The van der Waals surface area contributed by atoms with Gasteiger partial charge >= 0.3 is 0 Å². The highest BCUT2D eigenvalue weighted by atomic mass is 32.2. The first-order chi connectivity index (χ1) is 10.1. The largest absolute Gasteiger partial charge is 0.289 e. The maximum absolute atomic E-state index is 12.8. The molecule has 0 spiro atoms. The number of amides is 1. The zero-order valence-corrected chi connectivity index (χ0v) is 12.6. The van der Waals surface area contributed by atoms with Crippen LogP contribution >= 0.6 is 11.8 Å². The van der Waals surface area contributed by atoms with Crippen LogP contribution in [0.4, 0.5) is 10.1 Å². The number of hydrogen-bond acceptors (Lipinski definition) is 3. The molecule has 0 heterocycles. The van der Waals surface area contributed by atoms with Gasteiger partial charge in [0.05, 0.1) is 5.69 Å². The van der Waals surface area contributed by atoms with Crippen molar-refractivity contribution in [2.24, 2.45) is 0 Å². The smallest absolute Gasteiger partial charge is 0.239 e. The van der Waals surface area contributed by atoms with E-state index in [1.165, 1.54) is 23.9 Å². The summed E-state index contributed by atoms with van der Waals surface area (Å²) in [6.07, 6.45) is 0.402. The molecule has 21 heavy (non-hydrogen) atoms. The lowest BCUT2D eigenvalue weighted by molar-refractivity contribution is -0.120. The Kier molecular flexibility index (Phi) is 5.63. The third-order valence-electron chi connectivity index (χ3n) is 2.85. The van der Waals surface area contributed by atoms with Crippen LogP contribution in [0.2, 0.25) is 0 Å². The third-order valence-corrected chi connectivity index (χ3v) is 3.86. The fourth-order valence-electron chi connectivity index (χ4n) is 1.75. The summed E-state index contributed by atoms with van der Waals surface area (Å²) in [5, 5.41) is 1.70. The van der Waals surface area contributed by atoms with Crippen molar-refractivity contribution < 1.29 is 9.18 Å². The van der Waals surface area contributed by atoms with Crippen LogP contribution in [0.15, 0.2) is 59.5 Å². The van der Waals surface area contributed by atoms with Crippen LogP contribution in [0.1, 0.15) is 6.42 Å². The Morgan fingerprint density at radius 1 is 1.14 bits per heavy atom. The number of benzene rings is 2. The van der Waals surface area contributed by atoms with Gasteiger partial charge in [0, 0.05) is 24.1 Å². The SMILES string of the molecule is CN(NC(=O)CCSc1ccc(F)cc1)c1ccccc1. The van der Waals surface area contributed by atoms with E-state index in [4.69, 9.17) is 0 Å². The molecule has 1 N–H and O–H groups in total. The van der Waals surface area contributed by atoms with Gasteiger partial charge in [0.15, 0.2) is 0 Å². The number of para-hydroxylation sites is 1. The summed E-state index contributed by atoms with van der Waals surface area (Å²) in [7, 11) is 1.81. The van der Waals surface area contributed by atoms with Crippen LogP contribution in [0.3, 0.4) is 0 Å². The van der Waals surface area contributed by atoms with Crippen LogP contribution in [-0.2, 0) is 4.79 Å². The summed E-state index contributed by atoms with van der Waals surface area (Å²) in [4.78, 5) is 12.8. The lowest BCUT2D eigenvalue weighted by atomic mass is 10.3. The molecule has 0 atom stereocenters. The standard InChI is InChI=1S/C16H17FN2OS/c1-19(14-5-3-2-4-6-14)18-16(20)11-12-21-15-9-7-13(17)8-10-15/h2-10H,11-12H2,1H3,(H,18,20). The second kappa shape index (κ2) is 7.69. The fourth-order valence-corrected chi connectivity index (χ4v) is 2.60. The first-order valence-corrected chi connectivity index (χ1v) is 7.60. The van der Waals surface area contributed by atoms with Gasteiger partial charge in [0.25, 0.3) is 0 Å². The van der Waals surface area contributed by atoms with Crippen LogP contribution in [0.5, 0.6) is 0 Å². The average Bonchev–Trinajstić information content (AvgIpc) is 2.50. The molecule has 0 radical (unpaired) electrons. The number of hydrogen-bond donors (Lipinski definition) is 1. The van der Waals surface area contributed by atoms with Crippen LogP contribution in [-0.4, -0.2) is 18.7 Å². The van der Waals surface area contributed by atoms with Crippen molar-refractivity contribution in [2.75, 3.05) is 17.8 Å². The molecule has 0 unspecified atom stereocenters. The van der Waals surface area contributed by atoms with Gasteiger partial charge in [-0.3, -0.25) is 15.2 Å². The van der Waals surface area contributed by atoms with E-state index in [9.17, 15) is 9.18 Å². The molecule has 1 amide bonds. The minimum atomic E-state index is -0.249. The predicted molar refractivity (Wildman–Crippen MR) is 84.7 cm³/mol. The Hall–Kier alpha value is -2.01. The van der Waals surface area contributed by atoms with Gasteiger partial charge in [-0.15, -0.1) is 11.8 Å². The van der Waals surface area contributed by atoms with Crippen molar-refractivity contribution >= 4 is 23.4 Å². The topological polar surface area (TPSA) is 32.3 Å². The quantitative estimate of drug-likeness (QED) is 0.655. The minimum Gasteiger partial charge on any atom is -0.289 e. The van der Waals surface area contributed by atoms with E-state index in [2.05, 4.69) is 5.43 Å². The average molecular weight is 304 g/mol. The van der Waals surface area contributed by atoms with Crippen LogP contribution in [0.25, 0.3) is 0 Å². The zero-order chi connectivity index (χ0) is 15.1.